The largest absolute Gasteiger partial charge is 0.362 e. The van der Waals surface area contributed by atoms with E-state index in [2.05, 4.69) is 41.3 Å². The van der Waals surface area contributed by atoms with Crippen LogP contribution in [0.3, 0.4) is 0 Å². The molecule has 2 aromatic rings. The lowest BCUT2D eigenvalue weighted by Crippen LogP contribution is -2.38. The minimum atomic E-state index is 0.611. The SMILES string of the molecule is Clc1cc(Cl)c2c(c1)[C@H]1C3CCC(C3)[C@H]1N2Cc1ccccc1. The zero-order valence-electron chi connectivity index (χ0n) is 12.9. The van der Waals surface area contributed by atoms with Crippen LogP contribution in [-0.4, -0.2) is 6.04 Å². The maximum Gasteiger partial charge on any atom is 0.0657 e. The molecule has 2 aliphatic carbocycles. The van der Waals surface area contributed by atoms with E-state index in [9.17, 15) is 0 Å². The zero-order valence-corrected chi connectivity index (χ0v) is 14.4. The molecule has 5 rings (SSSR count). The Hall–Kier alpha value is -1.18. The molecule has 2 fully saturated rings. The molecule has 23 heavy (non-hydrogen) atoms. The number of fused-ring (bicyclic) bond motifs is 7. The summed E-state index contributed by atoms with van der Waals surface area (Å²) in [6.45, 7) is 0.944. The quantitative estimate of drug-likeness (QED) is 0.656. The van der Waals surface area contributed by atoms with Crippen molar-refractivity contribution in [1.82, 2.24) is 0 Å². The maximum absolute atomic E-state index is 6.64. The van der Waals surface area contributed by atoms with Gasteiger partial charge in [-0.05, 0) is 54.4 Å². The molecule has 3 aliphatic rings. The van der Waals surface area contributed by atoms with Gasteiger partial charge in [-0.15, -0.1) is 0 Å². The van der Waals surface area contributed by atoms with E-state index in [0.717, 1.165) is 28.4 Å². The van der Waals surface area contributed by atoms with Crippen molar-refractivity contribution in [3.63, 3.8) is 0 Å². The van der Waals surface area contributed by atoms with Crippen molar-refractivity contribution in [2.75, 3.05) is 4.90 Å². The molecular weight excluding hydrogens is 325 g/mol. The Morgan fingerprint density at radius 3 is 2.61 bits per heavy atom. The van der Waals surface area contributed by atoms with Crippen LogP contribution in [0, 0.1) is 11.8 Å². The van der Waals surface area contributed by atoms with Crippen LogP contribution in [0.15, 0.2) is 42.5 Å². The van der Waals surface area contributed by atoms with Crippen LogP contribution in [0.5, 0.6) is 0 Å². The third-order valence-corrected chi connectivity index (χ3v) is 6.64. The Morgan fingerprint density at radius 1 is 1.00 bits per heavy atom. The van der Waals surface area contributed by atoms with E-state index in [1.165, 1.54) is 36.1 Å². The van der Waals surface area contributed by atoms with Crippen LogP contribution >= 0.6 is 23.2 Å². The first-order chi connectivity index (χ1) is 11.2. The summed E-state index contributed by atoms with van der Waals surface area (Å²) in [7, 11) is 0. The molecule has 2 bridgehead atoms. The first-order valence-electron chi connectivity index (χ1n) is 8.52. The van der Waals surface area contributed by atoms with Crippen LogP contribution in [0.25, 0.3) is 0 Å². The highest BCUT2D eigenvalue weighted by atomic mass is 35.5. The molecule has 1 aliphatic heterocycles. The van der Waals surface area contributed by atoms with E-state index in [0.29, 0.717) is 12.0 Å². The highest BCUT2D eigenvalue weighted by Gasteiger charge is 2.55. The highest BCUT2D eigenvalue weighted by molar-refractivity contribution is 6.36. The number of nitrogens with zero attached hydrogens (tertiary/aromatic N) is 1. The average Bonchev–Trinajstić information content (AvgIpc) is 3.21. The fourth-order valence-electron chi connectivity index (χ4n) is 5.40. The molecule has 0 amide bonds. The van der Waals surface area contributed by atoms with E-state index in [4.69, 9.17) is 23.2 Å². The lowest BCUT2D eigenvalue weighted by molar-refractivity contribution is 0.366. The normalized spacial score (nSPS) is 30.6. The van der Waals surface area contributed by atoms with Crippen molar-refractivity contribution >= 4 is 28.9 Å². The second kappa shape index (κ2) is 5.16. The average molecular weight is 344 g/mol. The zero-order chi connectivity index (χ0) is 15.6. The summed E-state index contributed by atoms with van der Waals surface area (Å²) in [4.78, 5) is 2.58. The summed E-state index contributed by atoms with van der Waals surface area (Å²) in [5.74, 6) is 2.26. The van der Waals surface area contributed by atoms with Gasteiger partial charge in [0.2, 0.25) is 0 Å². The Kier molecular flexibility index (Phi) is 3.18. The summed E-state index contributed by atoms with van der Waals surface area (Å²) in [6, 6.07) is 15.4. The van der Waals surface area contributed by atoms with Gasteiger partial charge in [-0.25, -0.2) is 0 Å². The van der Waals surface area contributed by atoms with Crippen LogP contribution < -0.4 is 4.90 Å². The second-order valence-electron chi connectivity index (χ2n) is 7.29. The molecule has 0 spiro atoms. The van der Waals surface area contributed by atoms with Crippen molar-refractivity contribution in [2.45, 2.75) is 37.8 Å². The van der Waals surface area contributed by atoms with Crippen LogP contribution in [-0.2, 0) is 6.54 Å². The summed E-state index contributed by atoms with van der Waals surface area (Å²) in [5.41, 5.74) is 4.00. The molecule has 2 unspecified atom stereocenters. The molecule has 4 atom stereocenters. The third-order valence-electron chi connectivity index (χ3n) is 6.13. The standard InChI is InChI=1S/C20H19Cl2N/c21-15-9-16-18-13-6-7-14(8-13)19(18)23(20(16)17(22)10-15)11-12-4-2-1-3-5-12/h1-5,9-10,13-14,18-19H,6-8,11H2/t13?,14?,18-,19-/m1/s1. The maximum atomic E-state index is 6.64. The lowest BCUT2D eigenvalue weighted by atomic mass is 9.82. The summed E-state index contributed by atoms with van der Waals surface area (Å²) in [6.07, 6.45) is 4.12. The number of hydrogen-bond acceptors (Lipinski definition) is 1. The van der Waals surface area contributed by atoms with Gasteiger partial charge in [-0.2, -0.15) is 0 Å². The Morgan fingerprint density at radius 2 is 1.78 bits per heavy atom. The van der Waals surface area contributed by atoms with Gasteiger partial charge in [0.25, 0.3) is 0 Å². The Bertz CT molecular complexity index is 758. The van der Waals surface area contributed by atoms with Crippen LogP contribution in [0.4, 0.5) is 5.69 Å². The van der Waals surface area contributed by atoms with Crippen LogP contribution in [0.1, 0.15) is 36.3 Å². The molecule has 2 aromatic carbocycles. The first-order valence-corrected chi connectivity index (χ1v) is 9.27. The van der Waals surface area contributed by atoms with E-state index < -0.39 is 0 Å². The monoisotopic (exact) mass is 343 g/mol. The fraction of sp³-hybridized carbons (Fsp3) is 0.400. The predicted molar refractivity (Wildman–Crippen MR) is 96.4 cm³/mol. The molecule has 0 aromatic heterocycles. The van der Waals surface area contributed by atoms with Gasteiger partial charge >= 0.3 is 0 Å². The predicted octanol–water partition coefficient (Wildman–Crippen LogP) is 5.90. The number of benzene rings is 2. The van der Waals surface area contributed by atoms with Crippen molar-refractivity contribution in [3.05, 3.63) is 63.6 Å². The molecule has 3 heteroatoms. The molecule has 1 nitrogen and oxygen atoms in total. The lowest BCUT2D eigenvalue weighted by Gasteiger charge is -2.34. The van der Waals surface area contributed by atoms with Crippen molar-refractivity contribution < 1.29 is 0 Å². The van der Waals surface area contributed by atoms with Gasteiger partial charge in [0.05, 0.1) is 10.7 Å². The Balaban J connectivity index is 1.63. The molecule has 2 saturated carbocycles. The Labute approximate surface area is 147 Å². The fourth-order valence-corrected chi connectivity index (χ4v) is 6.02. The minimum Gasteiger partial charge on any atom is -0.362 e. The smallest absolute Gasteiger partial charge is 0.0657 e. The van der Waals surface area contributed by atoms with E-state index in [1.54, 1.807) is 0 Å². The van der Waals surface area contributed by atoms with Gasteiger partial charge in [0.15, 0.2) is 0 Å². The second-order valence-corrected chi connectivity index (χ2v) is 8.13. The van der Waals surface area contributed by atoms with E-state index >= 15 is 0 Å². The van der Waals surface area contributed by atoms with Gasteiger partial charge < -0.3 is 4.90 Å². The summed E-state index contributed by atoms with van der Waals surface area (Å²) in [5, 5.41) is 1.59. The highest BCUT2D eigenvalue weighted by Crippen LogP contribution is 2.62. The van der Waals surface area contributed by atoms with Crippen LogP contribution in [0.2, 0.25) is 10.0 Å². The van der Waals surface area contributed by atoms with E-state index in [-0.39, 0.29) is 0 Å². The van der Waals surface area contributed by atoms with E-state index in [1.807, 2.05) is 6.07 Å². The number of rotatable bonds is 2. The molecule has 1 heterocycles. The molecule has 118 valence electrons. The van der Waals surface area contributed by atoms with Gasteiger partial charge in [0, 0.05) is 23.5 Å². The summed E-state index contributed by atoms with van der Waals surface area (Å²) >= 11 is 13.0. The third kappa shape index (κ3) is 2.06. The molecule has 0 saturated heterocycles. The summed E-state index contributed by atoms with van der Waals surface area (Å²) < 4.78 is 0. The number of halogens is 2. The first kappa shape index (κ1) is 14.2. The van der Waals surface area contributed by atoms with Gasteiger partial charge in [0.1, 0.15) is 0 Å². The number of anilines is 1. The van der Waals surface area contributed by atoms with Crippen molar-refractivity contribution in [3.8, 4) is 0 Å². The van der Waals surface area contributed by atoms with Crippen molar-refractivity contribution in [1.29, 1.82) is 0 Å². The van der Waals surface area contributed by atoms with Gasteiger partial charge in [-0.1, -0.05) is 53.5 Å². The molecular formula is C20H19Cl2N. The molecule has 0 N–H and O–H groups in total. The van der Waals surface area contributed by atoms with Crippen molar-refractivity contribution in [2.24, 2.45) is 11.8 Å². The topological polar surface area (TPSA) is 3.24 Å². The molecule has 0 radical (unpaired) electrons. The van der Waals surface area contributed by atoms with Gasteiger partial charge in [-0.3, -0.25) is 0 Å². The number of hydrogen-bond donors (Lipinski definition) is 0. The minimum absolute atomic E-state index is 0.611.